The second kappa shape index (κ2) is 22.7. The molecule has 4 aliphatic heterocycles. The van der Waals surface area contributed by atoms with E-state index in [9.17, 15) is 81.7 Å². The summed E-state index contributed by atoms with van der Waals surface area (Å²) in [5.41, 5.74) is -4.25. The maximum Gasteiger partial charge on any atom is 0.189 e. The molecule has 0 spiro atoms. The Balaban J connectivity index is 1.02. The predicted molar refractivity (Wildman–Crippen MR) is 263 cm³/mol. The normalized spacial score (nSPS) is 53.1. The first-order valence-electron chi connectivity index (χ1n) is 27.5. The van der Waals surface area contributed by atoms with Crippen LogP contribution in [0.5, 0.6) is 0 Å². The molecule has 4 saturated heterocycles. The Labute approximate surface area is 449 Å². The van der Waals surface area contributed by atoms with Crippen LogP contribution in [-0.4, -0.2) is 248 Å². The fourth-order valence-corrected chi connectivity index (χ4v) is 15.9. The maximum absolute atomic E-state index is 12.8. The van der Waals surface area contributed by atoms with Crippen molar-refractivity contribution in [1.29, 1.82) is 0 Å². The average Bonchev–Trinajstić information content (AvgIpc) is 3.76. The molecule has 0 aromatic carbocycles. The molecule has 24 heteroatoms. The molecule has 8 aliphatic rings. The van der Waals surface area contributed by atoms with Gasteiger partial charge in [0.1, 0.15) is 91.6 Å². The van der Waals surface area contributed by atoms with E-state index in [1.165, 1.54) is 0 Å². The van der Waals surface area contributed by atoms with Crippen molar-refractivity contribution in [2.45, 2.75) is 253 Å². The summed E-state index contributed by atoms with van der Waals surface area (Å²) in [7, 11) is 0. The van der Waals surface area contributed by atoms with E-state index >= 15 is 0 Å². The summed E-state index contributed by atoms with van der Waals surface area (Å²) >= 11 is 0. The number of ether oxygens (including phenoxy) is 8. The summed E-state index contributed by atoms with van der Waals surface area (Å²) in [6.45, 7) is 14.1. The second-order valence-corrected chi connectivity index (χ2v) is 25.9. The molecule has 0 bridgehead atoms. The summed E-state index contributed by atoms with van der Waals surface area (Å²) in [4.78, 5) is 0. The Morgan fingerprint density at radius 1 is 0.545 bits per heavy atom. The zero-order chi connectivity index (χ0) is 56.9. The molecule has 24 nitrogen and oxygen atoms in total. The molecule has 0 aromatic heterocycles. The molecule has 0 unspecified atom stereocenters. The number of fused-ring (bicyclic) bond motifs is 5. The molecule has 16 N–H and O–H groups in total. The van der Waals surface area contributed by atoms with Crippen LogP contribution in [0.2, 0.25) is 0 Å². The second-order valence-electron chi connectivity index (χ2n) is 25.9. The summed E-state index contributed by atoms with van der Waals surface area (Å²) in [5.74, 6) is -0.755. The van der Waals surface area contributed by atoms with E-state index in [0.717, 1.165) is 12.8 Å². The van der Waals surface area contributed by atoms with Crippen molar-refractivity contribution < 1.29 is 120 Å². The van der Waals surface area contributed by atoms with Crippen molar-refractivity contribution in [1.82, 2.24) is 0 Å². The number of aliphatic hydroxyl groups is 16. The van der Waals surface area contributed by atoms with Crippen molar-refractivity contribution in [3.05, 3.63) is 12.2 Å². The molecule has 0 amide bonds. The van der Waals surface area contributed by atoms with Crippen LogP contribution in [0.25, 0.3) is 0 Å². The minimum absolute atomic E-state index is 0.00628. The van der Waals surface area contributed by atoms with Gasteiger partial charge in [-0.3, -0.25) is 0 Å². The van der Waals surface area contributed by atoms with Crippen molar-refractivity contribution >= 4 is 0 Å². The maximum atomic E-state index is 12.8. The van der Waals surface area contributed by atoms with E-state index in [4.69, 9.17) is 37.9 Å². The molecule has 77 heavy (non-hydrogen) atoms. The fraction of sp³-hybridized carbons (Fsp3) is 0.962. The lowest BCUT2D eigenvalue weighted by atomic mass is 9.35. The van der Waals surface area contributed by atoms with Gasteiger partial charge in [0.25, 0.3) is 0 Å². The molecule has 8 rings (SSSR count). The lowest BCUT2D eigenvalue weighted by molar-refractivity contribution is -0.378. The number of hydrogen-bond donors (Lipinski definition) is 16. The van der Waals surface area contributed by atoms with E-state index in [1.807, 2.05) is 6.92 Å². The first-order chi connectivity index (χ1) is 35.8. The summed E-state index contributed by atoms with van der Waals surface area (Å²) in [5, 5.41) is 172. The molecular formula is C53H90O24. The van der Waals surface area contributed by atoms with Crippen molar-refractivity contribution in [2.75, 3.05) is 19.8 Å². The largest absolute Gasteiger partial charge is 0.394 e. The highest BCUT2D eigenvalue weighted by Gasteiger charge is 2.72. The highest BCUT2D eigenvalue weighted by atomic mass is 16.8. The van der Waals surface area contributed by atoms with Gasteiger partial charge in [-0.05, 0) is 117 Å². The first-order valence-corrected chi connectivity index (χ1v) is 27.5. The third-order valence-electron chi connectivity index (χ3n) is 20.4. The Kier molecular flexibility index (Phi) is 18.3. The Morgan fingerprint density at radius 3 is 1.71 bits per heavy atom. The molecule has 4 aliphatic carbocycles. The molecule has 4 heterocycles. The molecule has 446 valence electrons. The smallest absolute Gasteiger partial charge is 0.189 e. The van der Waals surface area contributed by atoms with Crippen LogP contribution in [0, 0.1) is 45.3 Å². The highest BCUT2D eigenvalue weighted by molar-refractivity contribution is 5.21. The predicted octanol–water partition coefficient (Wildman–Crippen LogP) is -3.27. The van der Waals surface area contributed by atoms with Gasteiger partial charge in [0.05, 0.1) is 43.2 Å². The molecule has 0 aromatic rings. The zero-order valence-corrected chi connectivity index (χ0v) is 45.4. The van der Waals surface area contributed by atoms with Crippen LogP contribution < -0.4 is 0 Å². The number of aliphatic hydroxyl groups excluding tert-OH is 15. The molecule has 4 saturated carbocycles. The van der Waals surface area contributed by atoms with Crippen LogP contribution >= 0.6 is 0 Å². The van der Waals surface area contributed by atoms with Crippen LogP contribution in [0.15, 0.2) is 12.2 Å². The van der Waals surface area contributed by atoms with E-state index in [0.29, 0.717) is 32.1 Å². The van der Waals surface area contributed by atoms with Gasteiger partial charge in [0.15, 0.2) is 31.5 Å². The Hall–Kier alpha value is -1.22. The molecule has 8 fully saturated rings. The van der Waals surface area contributed by atoms with Crippen LogP contribution in [0.3, 0.4) is 0 Å². The number of hydrogen-bond acceptors (Lipinski definition) is 24. The minimum atomic E-state index is -1.91. The summed E-state index contributed by atoms with van der Waals surface area (Å²) in [6.07, 6.45) is -26.8. The zero-order valence-electron chi connectivity index (χ0n) is 45.4. The molecule has 0 radical (unpaired) electrons. The third kappa shape index (κ3) is 11.0. The van der Waals surface area contributed by atoms with E-state index in [-0.39, 0.29) is 35.0 Å². The van der Waals surface area contributed by atoms with Crippen LogP contribution in [-0.2, 0) is 37.9 Å². The van der Waals surface area contributed by atoms with Gasteiger partial charge < -0.3 is 120 Å². The van der Waals surface area contributed by atoms with Gasteiger partial charge in [-0.25, -0.2) is 0 Å². The van der Waals surface area contributed by atoms with Crippen LogP contribution in [0.1, 0.15) is 107 Å². The van der Waals surface area contributed by atoms with Crippen molar-refractivity contribution in [3.63, 3.8) is 0 Å². The summed E-state index contributed by atoms with van der Waals surface area (Å²) < 4.78 is 48.2. The molecular weight excluding hydrogens is 1020 g/mol. The Bertz CT molecular complexity index is 2010. The minimum Gasteiger partial charge on any atom is -0.394 e. The molecule has 30 atom stereocenters. The van der Waals surface area contributed by atoms with E-state index < -0.39 is 183 Å². The monoisotopic (exact) mass is 1110 g/mol. The van der Waals surface area contributed by atoms with Gasteiger partial charge >= 0.3 is 0 Å². The standard InChI is InChI=1S/C53H90O24/c1-48(2,69)13-9-14-53(8,77-46-41(67)35(61)33(59)26(73-46)21-70-44-39(65)36(62)38(64)43(68)76-44)22-10-16-52(7)30(22)23(56)18-28-50(5)15-12-29(49(3,4)27(50)11-17-51(28,52)6)74-47-42(37(63)32(58)25(20-55)72-47)75-45-40(66)34(60)31(57)24(19-54)71-45/h9,13,22-47,54-69H,10-12,14-21H2,1-8H3/b13-9+/t22-,23+,24+,25+,26+,27-,28+,29-,30-,31+,32+,33+,34-,35-,36-,37-,38-,39+,40+,41+,42+,43-,44+,45-,46-,47-,50-,51+,52+,53+/m0/s1. The van der Waals surface area contributed by atoms with Crippen molar-refractivity contribution in [3.8, 4) is 0 Å². The first kappa shape index (κ1) is 61.8. The highest BCUT2D eigenvalue weighted by Crippen LogP contribution is 2.76. The summed E-state index contributed by atoms with van der Waals surface area (Å²) in [6, 6.07) is 0. The van der Waals surface area contributed by atoms with Gasteiger partial charge in [-0.15, -0.1) is 0 Å². The van der Waals surface area contributed by atoms with E-state index in [2.05, 4.69) is 34.6 Å². The van der Waals surface area contributed by atoms with Crippen molar-refractivity contribution in [2.24, 2.45) is 45.3 Å². The Morgan fingerprint density at radius 2 is 1.09 bits per heavy atom. The average molecular weight is 1110 g/mol. The van der Waals surface area contributed by atoms with Crippen LogP contribution in [0.4, 0.5) is 0 Å². The lowest BCUT2D eigenvalue weighted by Gasteiger charge is -2.71. The quantitative estimate of drug-likeness (QED) is 0.0565. The van der Waals surface area contributed by atoms with Gasteiger partial charge in [-0.1, -0.05) is 46.8 Å². The lowest BCUT2D eigenvalue weighted by Crippen LogP contribution is -2.68. The van der Waals surface area contributed by atoms with Gasteiger partial charge in [-0.2, -0.15) is 0 Å². The van der Waals surface area contributed by atoms with Gasteiger partial charge in [0, 0.05) is 0 Å². The fourth-order valence-electron chi connectivity index (χ4n) is 15.9. The SMILES string of the molecule is CC(C)(O)/C=C/C[C@@](C)(O[C@@H]1O[C@H](CO[C@@H]2O[C@H](O)[C@@H](O)[C@H](O)[C@H]2O)[C@@H](O)[C@H](O)[C@H]1O)[C@H]1CC[C@]2(C)[C@@H]1[C@H](O)C[C@@H]1[C@@]3(C)CC[C@H](O[C@@H]4O[C@H](CO)[C@@H](O)[C@H](O)[C@H]4O[C@@H]4O[C@H](CO)[C@@H](O)[C@H](O)[C@H]4O)C(C)(C)[C@@H]3CC[C@]12C. The third-order valence-corrected chi connectivity index (χ3v) is 20.4. The van der Waals surface area contributed by atoms with Gasteiger partial charge in [0.2, 0.25) is 0 Å². The topological polar surface area (TPSA) is 398 Å². The number of rotatable bonds is 15. The van der Waals surface area contributed by atoms with E-state index in [1.54, 1.807) is 26.0 Å².